The SMILES string of the molecule is Cc1ncccc1NC(=O)c1ccc2c(c1)CN(C)C[C@H]1CC3(CC[C@@]21Cc1ccccc1)OCCO3. The lowest BCUT2D eigenvalue weighted by atomic mass is 9.58. The number of pyridine rings is 1. The highest BCUT2D eigenvalue weighted by Gasteiger charge is 2.54. The van der Waals surface area contributed by atoms with Gasteiger partial charge in [-0.3, -0.25) is 9.78 Å². The number of anilines is 1. The fraction of sp³-hybridized carbons (Fsp3) is 0.419. The highest BCUT2D eigenvalue weighted by molar-refractivity contribution is 6.04. The first-order valence-electron chi connectivity index (χ1n) is 13.3. The molecule has 2 aromatic carbocycles. The highest BCUT2D eigenvalue weighted by atomic mass is 16.7. The van der Waals surface area contributed by atoms with Gasteiger partial charge in [0.25, 0.3) is 5.91 Å². The van der Waals surface area contributed by atoms with Crippen molar-refractivity contribution in [1.82, 2.24) is 9.88 Å². The third kappa shape index (κ3) is 4.58. The zero-order valence-electron chi connectivity index (χ0n) is 21.7. The van der Waals surface area contributed by atoms with E-state index in [2.05, 4.69) is 64.7 Å². The van der Waals surface area contributed by atoms with Gasteiger partial charge in [-0.15, -0.1) is 0 Å². The molecule has 3 aliphatic rings. The van der Waals surface area contributed by atoms with E-state index in [1.54, 1.807) is 6.20 Å². The van der Waals surface area contributed by atoms with Crippen molar-refractivity contribution >= 4 is 11.6 Å². The summed E-state index contributed by atoms with van der Waals surface area (Å²) >= 11 is 0. The monoisotopic (exact) mass is 497 g/mol. The molecular formula is C31H35N3O3. The Morgan fingerprint density at radius 1 is 1.08 bits per heavy atom. The molecule has 3 aromatic rings. The van der Waals surface area contributed by atoms with Crippen molar-refractivity contribution < 1.29 is 14.3 Å². The second-order valence-corrected chi connectivity index (χ2v) is 11.0. The average Bonchev–Trinajstić information content (AvgIpc) is 3.31. The Morgan fingerprint density at radius 3 is 2.68 bits per heavy atom. The van der Waals surface area contributed by atoms with Crippen LogP contribution in [0.2, 0.25) is 0 Å². The summed E-state index contributed by atoms with van der Waals surface area (Å²) < 4.78 is 12.4. The van der Waals surface area contributed by atoms with Crippen LogP contribution in [0.15, 0.2) is 66.9 Å². The Hall–Kier alpha value is -3.06. The first-order valence-corrected chi connectivity index (χ1v) is 13.3. The van der Waals surface area contributed by atoms with Crippen molar-refractivity contribution in [1.29, 1.82) is 0 Å². The van der Waals surface area contributed by atoms with Gasteiger partial charge in [0.2, 0.25) is 0 Å². The third-order valence-electron chi connectivity index (χ3n) is 8.60. The molecule has 2 fully saturated rings. The van der Waals surface area contributed by atoms with Gasteiger partial charge in [-0.2, -0.15) is 0 Å². The summed E-state index contributed by atoms with van der Waals surface area (Å²) in [6.07, 6.45) is 5.49. The second kappa shape index (κ2) is 9.67. The minimum Gasteiger partial charge on any atom is -0.348 e. The summed E-state index contributed by atoms with van der Waals surface area (Å²) in [6, 6.07) is 20.9. The Balaban J connectivity index is 1.39. The second-order valence-electron chi connectivity index (χ2n) is 11.0. The van der Waals surface area contributed by atoms with E-state index < -0.39 is 5.79 Å². The van der Waals surface area contributed by atoms with E-state index in [-0.39, 0.29) is 11.3 Å². The summed E-state index contributed by atoms with van der Waals surface area (Å²) in [7, 11) is 2.19. The minimum absolute atomic E-state index is 0.0447. The zero-order chi connectivity index (χ0) is 25.5. The average molecular weight is 498 g/mol. The largest absolute Gasteiger partial charge is 0.348 e. The number of aryl methyl sites for hydroxylation is 1. The number of rotatable bonds is 4. The topological polar surface area (TPSA) is 63.7 Å². The number of benzene rings is 2. The fourth-order valence-electron chi connectivity index (χ4n) is 6.83. The molecule has 1 spiro atoms. The molecule has 2 aliphatic heterocycles. The first kappa shape index (κ1) is 24.3. The van der Waals surface area contributed by atoms with Gasteiger partial charge in [-0.1, -0.05) is 36.4 Å². The maximum atomic E-state index is 13.3. The number of carbonyl (C=O) groups is 1. The Morgan fingerprint density at radius 2 is 1.89 bits per heavy atom. The lowest BCUT2D eigenvalue weighted by Crippen LogP contribution is -2.51. The summed E-state index contributed by atoms with van der Waals surface area (Å²) in [4.78, 5) is 20.0. The van der Waals surface area contributed by atoms with E-state index in [1.807, 2.05) is 25.1 Å². The summed E-state index contributed by atoms with van der Waals surface area (Å²) in [5, 5.41) is 3.05. The van der Waals surface area contributed by atoms with Crippen molar-refractivity contribution in [2.75, 3.05) is 32.1 Å². The molecule has 192 valence electrons. The maximum Gasteiger partial charge on any atom is 0.255 e. The smallest absolute Gasteiger partial charge is 0.255 e. The first-order chi connectivity index (χ1) is 18.0. The number of ether oxygens (including phenoxy) is 2. The van der Waals surface area contributed by atoms with E-state index in [1.165, 1.54) is 16.7 Å². The van der Waals surface area contributed by atoms with Crippen molar-refractivity contribution in [3.8, 4) is 0 Å². The van der Waals surface area contributed by atoms with Crippen LogP contribution in [-0.2, 0) is 27.9 Å². The van der Waals surface area contributed by atoms with Crippen molar-refractivity contribution in [2.24, 2.45) is 5.92 Å². The highest BCUT2D eigenvalue weighted by Crippen LogP contribution is 2.53. The quantitative estimate of drug-likeness (QED) is 0.543. The molecule has 1 saturated carbocycles. The predicted molar refractivity (Wildman–Crippen MR) is 144 cm³/mol. The van der Waals surface area contributed by atoms with E-state index in [4.69, 9.17) is 9.47 Å². The number of nitrogens with zero attached hydrogens (tertiary/aromatic N) is 2. The predicted octanol–water partition coefficient (Wildman–Crippen LogP) is 5.11. The number of aromatic nitrogens is 1. The van der Waals surface area contributed by atoms with Crippen molar-refractivity contribution in [3.05, 3.63) is 94.8 Å². The Labute approximate surface area is 219 Å². The van der Waals surface area contributed by atoms with Crippen LogP contribution in [-0.4, -0.2) is 48.4 Å². The van der Waals surface area contributed by atoms with Crippen LogP contribution in [0.3, 0.4) is 0 Å². The van der Waals surface area contributed by atoms with Crippen LogP contribution < -0.4 is 5.32 Å². The Kier molecular flexibility index (Phi) is 6.35. The number of hydrogen-bond donors (Lipinski definition) is 1. The van der Waals surface area contributed by atoms with E-state index in [9.17, 15) is 4.79 Å². The number of fused-ring (bicyclic) bond motifs is 3. The minimum atomic E-state index is -0.447. The molecular weight excluding hydrogens is 462 g/mol. The maximum absolute atomic E-state index is 13.3. The van der Waals surface area contributed by atoms with Crippen molar-refractivity contribution in [2.45, 2.75) is 50.4 Å². The van der Waals surface area contributed by atoms with Crippen LogP contribution in [0.25, 0.3) is 0 Å². The van der Waals surface area contributed by atoms with Gasteiger partial charge in [0.1, 0.15) is 0 Å². The molecule has 2 atom stereocenters. The third-order valence-corrected chi connectivity index (χ3v) is 8.60. The van der Waals surface area contributed by atoms with E-state index in [0.29, 0.717) is 24.7 Å². The number of carbonyl (C=O) groups excluding carboxylic acids is 1. The molecule has 0 bridgehead atoms. The van der Waals surface area contributed by atoms with E-state index >= 15 is 0 Å². The van der Waals surface area contributed by atoms with Crippen LogP contribution in [0.1, 0.15) is 52.0 Å². The molecule has 1 N–H and O–H groups in total. The normalized spacial score (nSPS) is 24.8. The molecule has 6 rings (SSSR count). The molecule has 0 radical (unpaired) electrons. The Bertz CT molecular complexity index is 1290. The fourth-order valence-corrected chi connectivity index (χ4v) is 6.83. The van der Waals surface area contributed by atoms with E-state index in [0.717, 1.165) is 50.2 Å². The number of hydrogen-bond acceptors (Lipinski definition) is 5. The van der Waals surface area contributed by atoms with Gasteiger partial charge >= 0.3 is 0 Å². The number of amides is 1. The molecule has 1 saturated heterocycles. The molecule has 0 unspecified atom stereocenters. The molecule has 1 amide bonds. The summed E-state index contributed by atoms with van der Waals surface area (Å²) in [6.45, 7) is 5.04. The van der Waals surface area contributed by atoms with Gasteiger partial charge in [0.05, 0.1) is 24.6 Å². The molecule has 1 aromatic heterocycles. The van der Waals surface area contributed by atoms with Crippen molar-refractivity contribution in [3.63, 3.8) is 0 Å². The zero-order valence-corrected chi connectivity index (χ0v) is 21.7. The standard InChI is InChI=1S/C31H35N3O3/c1-22-28(9-6-14-32-22)33-29(35)24-10-11-27-25(17-24)20-34(2)21-26-19-31(36-15-16-37-31)13-12-30(26,27)18-23-7-4-3-5-8-23/h3-11,14,17,26H,12-13,15-16,18-21H2,1-2H3,(H,33,35)/t26-,30+/m1/s1. The molecule has 6 heteroatoms. The van der Waals surface area contributed by atoms with Crippen LogP contribution >= 0.6 is 0 Å². The van der Waals surface area contributed by atoms with Gasteiger partial charge in [0, 0.05) is 43.1 Å². The van der Waals surface area contributed by atoms with Gasteiger partial charge in [-0.25, -0.2) is 0 Å². The lowest BCUT2D eigenvalue weighted by Gasteiger charge is -2.50. The molecule has 3 heterocycles. The van der Waals surface area contributed by atoms with Crippen LogP contribution in [0.4, 0.5) is 5.69 Å². The molecule has 1 aliphatic carbocycles. The summed E-state index contributed by atoms with van der Waals surface area (Å²) in [5.74, 6) is -0.171. The molecule has 37 heavy (non-hydrogen) atoms. The number of nitrogens with one attached hydrogen (secondary N) is 1. The van der Waals surface area contributed by atoms with Gasteiger partial charge < -0.3 is 19.7 Å². The van der Waals surface area contributed by atoms with Crippen LogP contribution in [0.5, 0.6) is 0 Å². The molecule has 6 nitrogen and oxygen atoms in total. The van der Waals surface area contributed by atoms with Gasteiger partial charge in [0.15, 0.2) is 5.79 Å². The van der Waals surface area contributed by atoms with Gasteiger partial charge in [-0.05, 0) is 73.7 Å². The van der Waals surface area contributed by atoms with Crippen LogP contribution in [0, 0.1) is 12.8 Å². The lowest BCUT2D eigenvalue weighted by molar-refractivity contribution is -0.199. The summed E-state index contributed by atoms with van der Waals surface area (Å²) in [5.41, 5.74) is 6.14.